The minimum atomic E-state index is -0.545. The second-order valence-electron chi connectivity index (χ2n) is 4.00. The van der Waals surface area contributed by atoms with Gasteiger partial charge in [-0.2, -0.15) is 0 Å². The Kier molecular flexibility index (Phi) is 4.46. The molecule has 0 aliphatic heterocycles. The Hall–Kier alpha value is -0.340. The van der Waals surface area contributed by atoms with Gasteiger partial charge in [-0.05, 0) is 18.8 Å². The molecule has 0 amide bonds. The summed E-state index contributed by atoms with van der Waals surface area (Å²) >= 11 is 0. The zero-order valence-electron chi connectivity index (χ0n) is 8.15. The van der Waals surface area contributed by atoms with E-state index in [4.69, 9.17) is 0 Å². The Morgan fingerprint density at radius 1 is 1.23 bits per heavy atom. The predicted molar refractivity (Wildman–Crippen MR) is 53.4 cm³/mol. The van der Waals surface area contributed by atoms with Gasteiger partial charge in [-0.25, -0.2) is 0 Å². The molecule has 2 atom stereocenters. The van der Waals surface area contributed by atoms with Gasteiger partial charge in [0.1, 0.15) is 0 Å². The Morgan fingerprint density at radius 2 is 1.85 bits per heavy atom. The van der Waals surface area contributed by atoms with E-state index in [0.29, 0.717) is 12.3 Å². The lowest BCUT2D eigenvalue weighted by Crippen LogP contribution is -2.26. The van der Waals surface area contributed by atoms with Gasteiger partial charge in [0.05, 0.1) is 12.2 Å². The van der Waals surface area contributed by atoms with Gasteiger partial charge in [-0.3, -0.25) is 0 Å². The van der Waals surface area contributed by atoms with Crippen LogP contribution >= 0.6 is 0 Å². The van der Waals surface area contributed by atoms with Crippen molar-refractivity contribution in [3.05, 3.63) is 12.7 Å². The Bertz CT molecular complexity index is 150. The fraction of sp³-hybridized carbons (Fsp3) is 0.818. The van der Waals surface area contributed by atoms with Crippen LogP contribution in [0, 0.1) is 5.92 Å². The van der Waals surface area contributed by atoms with Gasteiger partial charge >= 0.3 is 0 Å². The molecule has 0 spiro atoms. The first-order valence-electron chi connectivity index (χ1n) is 5.22. The van der Waals surface area contributed by atoms with Gasteiger partial charge in [-0.1, -0.05) is 25.3 Å². The molecule has 0 radical (unpaired) electrons. The quantitative estimate of drug-likeness (QED) is 0.655. The highest BCUT2D eigenvalue weighted by Crippen LogP contribution is 2.28. The van der Waals surface area contributed by atoms with Crippen molar-refractivity contribution in [3.8, 4) is 0 Å². The Labute approximate surface area is 80.3 Å². The van der Waals surface area contributed by atoms with Crippen molar-refractivity contribution in [2.45, 2.75) is 50.7 Å². The molecule has 1 saturated carbocycles. The molecule has 0 aromatic heterocycles. The largest absolute Gasteiger partial charge is 0.393 e. The van der Waals surface area contributed by atoms with Gasteiger partial charge in [0, 0.05) is 6.42 Å². The fourth-order valence-electron chi connectivity index (χ4n) is 2.06. The molecule has 2 N–H and O–H groups in total. The Balaban J connectivity index is 2.28. The summed E-state index contributed by atoms with van der Waals surface area (Å²) in [5.74, 6) is 0.406. The molecule has 0 unspecified atom stereocenters. The molecular weight excluding hydrogens is 164 g/mol. The highest BCUT2D eigenvalue weighted by Gasteiger charge is 2.22. The lowest BCUT2D eigenvalue weighted by atomic mass is 9.83. The van der Waals surface area contributed by atoms with Gasteiger partial charge in [0.15, 0.2) is 0 Å². The van der Waals surface area contributed by atoms with Crippen molar-refractivity contribution in [1.29, 1.82) is 0 Å². The van der Waals surface area contributed by atoms with Crippen LogP contribution in [0.3, 0.4) is 0 Å². The summed E-state index contributed by atoms with van der Waals surface area (Å²) in [6.07, 6.45) is 7.05. The normalized spacial score (nSPS) is 23.8. The van der Waals surface area contributed by atoms with Crippen molar-refractivity contribution in [3.63, 3.8) is 0 Å². The van der Waals surface area contributed by atoms with Crippen molar-refractivity contribution in [2.75, 3.05) is 0 Å². The standard InChI is InChI=1S/C11H20O2/c1-2-10(12)8-11(13)9-6-4-3-5-7-9/h2,9-13H,1,3-8H2/t10-,11+/m0/s1. The van der Waals surface area contributed by atoms with E-state index >= 15 is 0 Å². The van der Waals surface area contributed by atoms with Crippen LogP contribution in [0.4, 0.5) is 0 Å². The van der Waals surface area contributed by atoms with Crippen LogP contribution < -0.4 is 0 Å². The summed E-state index contributed by atoms with van der Waals surface area (Å²) in [5, 5.41) is 19.0. The van der Waals surface area contributed by atoms with Crippen LogP contribution in [-0.2, 0) is 0 Å². The molecule has 1 aliphatic carbocycles. The van der Waals surface area contributed by atoms with Crippen LogP contribution in [0.1, 0.15) is 38.5 Å². The molecule has 0 saturated heterocycles. The zero-order valence-corrected chi connectivity index (χ0v) is 8.15. The average Bonchev–Trinajstić information content (AvgIpc) is 2.19. The van der Waals surface area contributed by atoms with E-state index in [1.807, 2.05) is 0 Å². The first kappa shape index (κ1) is 10.7. The van der Waals surface area contributed by atoms with E-state index in [-0.39, 0.29) is 6.10 Å². The molecule has 0 aromatic rings. The van der Waals surface area contributed by atoms with Crippen molar-refractivity contribution in [1.82, 2.24) is 0 Å². The highest BCUT2D eigenvalue weighted by molar-refractivity contribution is 4.83. The third-order valence-corrected chi connectivity index (χ3v) is 2.95. The smallest absolute Gasteiger partial charge is 0.0743 e. The number of hydrogen-bond acceptors (Lipinski definition) is 2. The predicted octanol–water partition coefficient (Wildman–Crippen LogP) is 1.86. The van der Waals surface area contributed by atoms with Gasteiger partial charge in [0.25, 0.3) is 0 Å². The number of aliphatic hydroxyl groups excluding tert-OH is 2. The van der Waals surface area contributed by atoms with Gasteiger partial charge < -0.3 is 10.2 Å². The van der Waals surface area contributed by atoms with E-state index in [9.17, 15) is 10.2 Å². The third kappa shape index (κ3) is 3.49. The summed E-state index contributed by atoms with van der Waals surface area (Å²) in [7, 11) is 0. The van der Waals surface area contributed by atoms with Crippen LogP contribution in [0.2, 0.25) is 0 Å². The summed E-state index contributed by atoms with van der Waals surface area (Å²) in [6.45, 7) is 3.50. The molecule has 1 aliphatic rings. The molecule has 1 rings (SSSR count). The average molecular weight is 184 g/mol. The summed E-state index contributed by atoms with van der Waals surface area (Å²) in [4.78, 5) is 0. The minimum absolute atomic E-state index is 0.340. The van der Waals surface area contributed by atoms with Crippen molar-refractivity contribution >= 4 is 0 Å². The molecule has 0 aromatic carbocycles. The number of hydrogen-bond donors (Lipinski definition) is 2. The van der Waals surface area contributed by atoms with Crippen LogP contribution in [0.5, 0.6) is 0 Å². The van der Waals surface area contributed by atoms with E-state index in [1.165, 1.54) is 25.3 Å². The summed E-state index contributed by atoms with van der Waals surface area (Å²) in [5.41, 5.74) is 0. The third-order valence-electron chi connectivity index (χ3n) is 2.95. The van der Waals surface area contributed by atoms with E-state index in [0.717, 1.165) is 12.8 Å². The Morgan fingerprint density at radius 3 is 2.38 bits per heavy atom. The molecule has 0 heterocycles. The van der Waals surface area contributed by atoms with E-state index in [1.54, 1.807) is 0 Å². The van der Waals surface area contributed by atoms with Crippen LogP contribution in [0.15, 0.2) is 12.7 Å². The lowest BCUT2D eigenvalue weighted by Gasteiger charge is -2.27. The monoisotopic (exact) mass is 184 g/mol. The number of aliphatic hydroxyl groups is 2. The van der Waals surface area contributed by atoms with Crippen molar-refractivity contribution < 1.29 is 10.2 Å². The lowest BCUT2D eigenvalue weighted by molar-refractivity contribution is 0.0445. The fourth-order valence-corrected chi connectivity index (χ4v) is 2.06. The molecule has 76 valence electrons. The van der Waals surface area contributed by atoms with E-state index in [2.05, 4.69) is 6.58 Å². The maximum absolute atomic E-state index is 9.77. The minimum Gasteiger partial charge on any atom is -0.393 e. The van der Waals surface area contributed by atoms with Crippen molar-refractivity contribution in [2.24, 2.45) is 5.92 Å². The second-order valence-corrected chi connectivity index (χ2v) is 4.00. The SMILES string of the molecule is C=C[C@H](O)C[C@@H](O)C1CCCCC1. The van der Waals surface area contributed by atoms with E-state index < -0.39 is 6.10 Å². The van der Waals surface area contributed by atoms with Crippen LogP contribution in [-0.4, -0.2) is 22.4 Å². The zero-order chi connectivity index (χ0) is 9.68. The summed E-state index contributed by atoms with van der Waals surface area (Å²) < 4.78 is 0. The van der Waals surface area contributed by atoms with Gasteiger partial charge in [-0.15, -0.1) is 6.58 Å². The maximum Gasteiger partial charge on any atom is 0.0743 e. The number of rotatable bonds is 4. The second kappa shape index (κ2) is 5.40. The first-order valence-corrected chi connectivity index (χ1v) is 5.22. The molecule has 2 nitrogen and oxygen atoms in total. The molecule has 1 fully saturated rings. The summed E-state index contributed by atoms with van der Waals surface area (Å²) in [6, 6.07) is 0. The highest BCUT2D eigenvalue weighted by atomic mass is 16.3. The molecular formula is C11H20O2. The molecule has 13 heavy (non-hydrogen) atoms. The topological polar surface area (TPSA) is 40.5 Å². The van der Waals surface area contributed by atoms with Gasteiger partial charge in [0.2, 0.25) is 0 Å². The first-order chi connectivity index (χ1) is 6.24. The maximum atomic E-state index is 9.77. The molecule has 2 heteroatoms. The molecule has 0 bridgehead atoms. The van der Waals surface area contributed by atoms with Crippen LogP contribution in [0.25, 0.3) is 0 Å².